The van der Waals surface area contributed by atoms with Crippen LogP contribution in [0.2, 0.25) is 0 Å². The summed E-state index contributed by atoms with van der Waals surface area (Å²) in [5, 5.41) is 0. The van der Waals surface area contributed by atoms with Crippen LogP contribution in [0.1, 0.15) is 58.8 Å². The zero-order valence-corrected chi connectivity index (χ0v) is 15.7. The van der Waals surface area contributed by atoms with Gasteiger partial charge in [-0.15, -0.1) is 0 Å². The topological polar surface area (TPSA) is 77.5 Å². The van der Waals surface area contributed by atoms with Crippen LogP contribution in [0.5, 0.6) is 0 Å². The molecule has 4 aliphatic carbocycles. The van der Waals surface area contributed by atoms with Crippen molar-refractivity contribution in [3.63, 3.8) is 0 Å². The van der Waals surface area contributed by atoms with E-state index in [0.29, 0.717) is 44.1 Å². The minimum atomic E-state index is -1.33. The molecule has 0 N–H and O–H groups in total. The Kier molecular flexibility index (Phi) is 3.64. The van der Waals surface area contributed by atoms with Gasteiger partial charge in [0.1, 0.15) is 5.78 Å². The first kappa shape index (κ1) is 17.6. The van der Waals surface area contributed by atoms with Crippen molar-refractivity contribution in [1.82, 2.24) is 0 Å². The van der Waals surface area contributed by atoms with Crippen molar-refractivity contribution in [2.45, 2.75) is 58.8 Å². The maximum atomic E-state index is 13.3. The van der Waals surface area contributed by atoms with Crippen molar-refractivity contribution in [2.24, 2.45) is 28.1 Å². The Morgan fingerprint density at radius 1 is 1.15 bits per heavy atom. The quantitative estimate of drug-likeness (QED) is 0.532. The first-order valence-corrected chi connectivity index (χ1v) is 9.60. The summed E-state index contributed by atoms with van der Waals surface area (Å²) in [6.45, 7) is 3.98. The molecule has 5 atom stereocenters. The maximum Gasteiger partial charge on any atom is 0.323 e. The molecule has 3 fully saturated rings. The third kappa shape index (κ3) is 1.87. The highest BCUT2D eigenvalue weighted by atomic mass is 16.5. The average Bonchev–Trinajstić information content (AvgIpc) is 2.91. The molecular weight excluding hydrogens is 332 g/mol. The zero-order chi connectivity index (χ0) is 18.9. The molecule has 0 amide bonds. The van der Waals surface area contributed by atoms with E-state index in [9.17, 15) is 19.2 Å². The Morgan fingerprint density at radius 3 is 2.58 bits per heavy atom. The van der Waals surface area contributed by atoms with Crippen molar-refractivity contribution in [3.05, 3.63) is 11.6 Å². The number of ether oxygens (including phenoxy) is 1. The molecule has 0 aromatic carbocycles. The fourth-order valence-electron chi connectivity index (χ4n) is 6.82. The lowest BCUT2D eigenvalue weighted by atomic mass is 9.41. The first-order valence-electron chi connectivity index (χ1n) is 9.60. The predicted octanol–water partition coefficient (Wildman–Crippen LogP) is 2.81. The number of esters is 1. The third-order valence-electron chi connectivity index (χ3n) is 7.99. The number of fused-ring (bicyclic) bond motifs is 5. The van der Waals surface area contributed by atoms with Crippen LogP contribution in [0, 0.1) is 28.1 Å². The molecule has 0 aliphatic heterocycles. The average molecular weight is 358 g/mol. The Balaban J connectivity index is 1.95. The predicted molar refractivity (Wildman–Crippen MR) is 93.1 cm³/mol. The van der Waals surface area contributed by atoms with Gasteiger partial charge in [0.15, 0.2) is 17.0 Å². The lowest BCUT2D eigenvalue weighted by molar-refractivity contribution is -0.175. The number of methoxy groups -OCH3 is 1. The van der Waals surface area contributed by atoms with Gasteiger partial charge in [0, 0.05) is 24.7 Å². The highest BCUT2D eigenvalue weighted by molar-refractivity contribution is 6.13. The van der Waals surface area contributed by atoms with Crippen LogP contribution in [-0.2, 0) is 23.9 Å². The number of carbonyl (C=O) groups excluding carboxylic acids is 4. The van der Waals surface area contributed by atoms with Gasteiger partial charge in [0.2, 0.25) is 0 Å². The molecule has 0 saturated heterocycles. The molecule has 0 aromatic rings. The number of hydrogen-bond donors (Lipinski definition) is 0. The first-order chi connectivity index (χ1) is 12.2. The minimum absolute atomic E-state index is 0.0163. The Bertz CT molecular complexity index is 754. The van der Waals surface area contributed by atoms with E-state index in [1.165, 1.54) is 7.11 Å². The van der Waals surface area contributed by atoms with E-state index in [0.717, 1.165) is 6.42 Å². The highest BCUT2D eigenvalue weighted by Crippen LogP contribution is 2.68. The fraction of sp³-hybridized carbons (Fsp3) is 0.714. The van der Waals surface area contributed by atoms with Crippen molar-refractivity contribution in [1.29, 1.82) is 0 Å². The van der Waals surface area contributed by atoms with E-state index in [2.05, 4.69) is 6.92 Å². The number of allylic oxidation sites excluding steroid dienone is 1. The summed E-state index contributed by atoms with van der Waals surface area (Å²) < 4.78 is 5.13. The number of ketones is 3. The third-order valence-corrected chi connectivity index (χ3v) is 7.99. The van der Waals surface area contributed by atoms with Gasteiger partial charge in [0.25, 0.3) is 0 Å². The summed E-state index contributed by atoms with van der Waals surface area (Å²) in [5.74, 6) is -1.00. The van der Waals surface area contributed by atoms with Crippen molar-refractivity contribution in [3.8, 4) is 0 Å². The second kappa shape index (κ2) is 5.37. The lowest BCUT2D eigenvalue weighted by Crippen LogP contribution is -2.64. The van der Waals surface area contributed by atoms with E-state index < -0.39 is 22.7 Å². The van der Waals surface area contributed by atoms with Crippen LogP contribution in [0.3, 0.4) is 0 Å². The minimum Gasteiger partial charge on any atom is -0.468 e. The van der Waals surface area contributed by atoms with Crippen LogP contribution in [0.4, 0.5) is 0 Å². The van der Waals surface area contributed by atoms with E-state index in [4.69, 9.17) is 4.74 Å². The van der Waals surface area contributed by atoms with Gasteiger partial charge in [-0.3, -0.25) is 19.2 Å². The molecule has 4 aliphatic rings. The molecule has 4 rings (SSSR count). The molecular formula is C21H26O5. The molecule has 5 heteroatoms. The second-order valence-electron chi connectivity index (χ2n) is 9.11. The molecule has 0 radical (unpaired) electrons. The van der Waals surface area contributed by atoms with Gasteiger partial charge < -0.3 is 4.74 Å². The highest BCUT2D eigenvalue weighted by Gasteiger charge is 2.71. The van der Waals surface area contributed by atoms with Crippen LogP contribution in [0.25, 0.3) is 0 Å². The summed E-state index contributed by atoms with van der Waals surface area (Å²) in [4.78, 5) is 51.8. The molecule has 3 saturated carbocycles. The zero-order valence-electron chi connectivity index (χ0n) is 15.7. The Morgan fingerprint density at radius 2 is 1.88 bits per heavy atom. The van der Waals surface area contributed by atoms with Gasteiger partial charge in [-0.1, -0.05) is 13.8 Å². The van der Waals surface area contributed by atoms with Gasteiger partial charge in [-0.2, -0.15) is 0 Å². The van der Waals surface area contributed by atoms with Gasteiger partial charge >= 0.3 is 5.97 Å². The summed E-state index contributed by atoms with van der Waals surface area (Å²) in [5.41, 5.74) is -1.79. The molecule has 5 nitrogen and oxygen atoms in total. The van der Waals surface area contributed by atoms with E-state index in [1.807, 2.05) is 6.92 Å². The van der Waals surface area contributed by atoms with Gasteiger partial charge in [-0.05, 0) is 54.6 Å². The van der Waals surface area contributed by atoms with Crippen LogP contribution in [-0.4, -0.2) is 30.4 Å². The Labute approximate surface area is 153 Å². The standard InChI is InChI=1S/C21H26O5/c1-19-8-7-14-20(2,15(19)10-13(22)11-19)17(24)9-12-5-4-6-16(23)21(12,14)18(25)26-3/h9,14-15H,4-8,10-11H2,1-3H3. The summed E-state index contributed by atoms with van der Waals surface area (Å²) >= 11 is 0. The molecule has 0 aromatic heterocycles. The largest absolute Gasteiger partial charge is 0.468 e. The van der Waals surface area contributed by atoms with E-state index in [-0.39, 0.29) is 28.7 Å². The number of carbonyl (C=O) groups is 4. The van der Waals surface area contributed by atoms with Crippen LogP contribution in [0.15, 0.2) is 11.6 Å². The molecule has 26 heavy (non-hydrogen) atoms. The Hall–Kier alpha value is -1.78. The normalized spacial score (nSPS) is 44.7. The van der Waals surface area contributed by atoms with Crippen LogP contribution < -0.4 is 0 Å². The van der Waals surface area contributed by atoms with Gasteiger partial charge in [-0.25, -0.2) is 0 Å². The van der Waals surface area contributed by atoms with E-state index in [1.54, 1.807) is 6.08 Å². The number of rotatable bonds is 1. The number of hydrogen-bond acceptors (Lipinski definition) is 5. The smallest absolute Gasteiger partial charge is 0.323 e. The van der Waals surface area contributed by atoms with Crippen molar-refractivity contribution >= 4 is 23.3 Å². The maximum absolute atomic E-state index is 13.3. The second-order valence-corrected chi connectivity index (χ2v) is 9.11. The molecule has 0 heterocycles. The fourth-order valence-corrected chi connectivity index (χ4v) is 6.82. The molecule has 0 bridgehead atoms. The van der Waals surface area contributed by atoms with Crippen LogP contribution >= 0.6 is 0 Å². The molecule has 5 unspecified atom stereocenters. The lowest BCUT2D eigenvalue weighted by Gasteiger charge is -2.59. The summed E-state index contributed by atoms with van der Waals surface area (Å²) in [7, 11) is 1.32. The summed E-state index contributed by atoms with van der Waals surface area (Å²) in [6, 6.07) is 0. The number of Topliss-reactive ketones (excluding diaryl/α,β-unsaturated/α-hetero) is 2. The monoisotopic (exact) mass is 358 g/mol. The summed E-state index contributed by atoms with van der Waals surface area (Å²) in [6.07, 6.45) is 5.36. The van der Waals surface area contributed by atoms with Gasteiger partial charge in [0.05, 0.1) is 7.11 Å². The van der Waals surface area contributed by atoms with Crippen molar-refractivity contribution < 1.29 is 23.9 Å². The van der Waals surface area contributed by atoms with Crippen molar-refractivity contribution in [2.75, 3.05) is 7.11 Å². The van der Waals surface area contributed by atoms with E-state index >= 15 is 0 Å². The SMILES string of the molecule is COC(=O)C12C(=O)CCCC1=CC(=O)C1(C)C3CC(=O)CC3(C)CCC21. The molecule has 0 spiro atoms. The molecule has 140 valence electrons.